The van der Waals surface area contributed by atoms with E-state index >= 15 is 0 Å². The highest BCUT2D eigenvalue weighted by atomic mass is 79.9. The molecule has 0 aliphatic rings. The second kappa shape index (κ2) is 6.28. The lowest BCUT2D eigenvalue weighted by Crippen LogP contribution is -2.13. The molecule has 1 atom stereocenters. The number of hydrogen-bond donors (Lipinski definition) is 1. The molecule has 1 aromatic carbocycles. The summed E-state index contributed by atoms with van der Waals surface area (Å²) in [4.78, 5) is 0. The molecule has 6 heteroatoms. The van der Waals surface area contributed by atoms with Gasteiger partial charge in [-0.25, -0.2) is 8.42 Å². The molecule has 1 N–H and O–H groups in total. The van der Waals surface area contributed by atoms with Crippen LogP contribution in [0.2, 0.25) is 0 Å². The maximum Gasteiger partial charge on any atom is 0.271 e. The Morgan fingerprint density at radius 1 is 1.25 bits per heavy atom. The molecule has 0 spiro atoms. The molecule has 108 valence electrons. The quantitative estimate of drug-likeness (QED) is 0.815. The maximum atomic E-state index is 12.4. The van der Waals surface area contributed by atoms with Crippen LogP contribution in [-0.4, -0.2) is 8.42 Å². The third-order valence-corrected chi connectivity index (χ3v) is 6.64. The van der Waals surface area contributed by atoms with Gasteiger partial charge in [0.2, 0.25) is 0 Å². The van der Waals surface area contributed by atoms with Crippen molar-refractivity contribution in [1.29, 1.82) is 0 Å². The lowest BCUT2D eigenvalue weighted by atomic mass is 9.97. The Kier molecular flexibility index (Phi) is 4.88. The van der Waals surface area contributed by atoms with Crippen LogP contribution in [0.1, 0.15) is 31.7 Å². The smallest absolute Gasteiger partial charge is 0.271 e. The molecule has 3 nitrogen and oxygen atoms in total. The molecule has 0 fully saturated rings. The van der Waals surface area contributed by atoms with Crippen molar-refractivity contribution in [1.82, 2.24) is 0 Å². The van der Waals surface area contributed by atoms with Crippen LogP contribution in [0.15, 0.2) is 44.4 Å². The van der Waals surface area contributed by atoms with Crippen LogP contribution < -0.4 is 4.72 Å². The van der Waals surface area contributed by atoms with Crippen LogP contribution in [0.25, 0.3) is 0 Å². The Hall–Kier alpha value is -0.850. The minimum Gasteiger partial charge on any atom is -0.279 e. The Morgan fingerprint density at radius 2 is 1.95 bits per heavy atom. The van der Waals surface area contributed by atoms with E-state index in [1.807, 2.05) is 24.3 Å². The van der Waals surface area contributed by atoms with E-state index < -0.39 is 10.0 Å². The first-order valence-electron chi connectivity index (χ1n) is 6.31. The predicted octanol–water partition coefficient (Wildman–Crippen LogP) is 4.82. The summed E-state index contributed by atoms with van der Waals surface area (Å²) in [5.41, 5.74) is 1.68. The third-order valence-electron chi connectivity index (χ3n) is 3.16. The Labute approximate surface area is 132 Å². The molecule has 2 aromatic rings. The number of nitrogens with one attached hydrogen (secondary N) is 1. The van der Waals surface area contributed by atoms with E-state index in [4.69, 9.17) is 0 Å². The van der Waals surface area contributed by atoms with Gasteiger partial charge in [0.05, 0.1) is 9.47 Å². The number of rotatable bonds is 5. The fraction of sp³-hybridized carbons (Fsp3) is 0.286. The highest BCUT2D eigenvalue weighted by Crippen LogP contribution is 2.31. The molecule has 0 saturated carbocycles. The molecule has 1 heterocycles. The lowest BCUT2D eigenvalue weighted by Gasteiger charge is -2.15. The molecule has 0 aliphatic heterocycles. The summed E-state index contributed by atoms with van der Waals surface area (Å²) in [5, 5.41) is 0. The minimum atomic E-state index is -3.52. The first-order chi connectivity index (χ1) is 9.44. The fourth-order valence-electron chi connectivity index (χ4n) is 1.88. The molecule has 0 radical (unpaired) electrons. The number of anilines is 1. The van der Waals surface area contributed by atoms with Crippen molar-refractivity contribution in [2.24, 2.45) is 0 Å². The van der Waals surface area contributed by atoms with Gasteiger partial charge in [0, 0.05) is 0 Å². The first kappa shape index (κ1) is 15.5. The van der Waals surface area contributed by atoms with Crippen molar-refractivity contribution in [3.05, 3.63) is 45.7 Å². The molecule has 1 aromatic heterocycles. The van der Waals surface area contributed by atoms with E-state index in [-0.39, 0.29) is 0 Å². The molecule has 0 unspecified atom stereocenters. The van der Waals surface area contributed by atoms with Gasteiger partial charge >= 0.3 is 0 Å². The second-order valence-corrected chi connectivity index (χ2v) is 8.93. The molecular formula is C14H16BrNO2S2. The van der Waals surface area contributed by atoms with E-state index in [0.29, 0.717) is 15.8 Å². The van der Waals surface area contributed by atoms with Crippen molar-refractivity contribution < 1.29 is 8.42 Å². The van der Waals surface area contributed by atoms with Gasteiger partial charge in [0.15, 0.2) is 0 Å². The van der Waals surface area contributed by atoms with Crippen molar-refractivity contribution in [3.63, 3.8) is 0 Å². The van der Waals surface area contributed by atoms with E-state index in [1.165, 1.54) is 11.3 Å². The van der Waals surface area contributed by atoms with Crippen molar-refractivity contribution in [2.45, 2.75) is 30.4 Å². The van der Waals surface area contributed by atoms with Crippen molar-refractivity contribution in [3.8, 4) is 0 Å². The summed E-state index contributed by atoms with van der Waals surface area (Å²) in [7, 11) is -3.52. The first-order valence-corrected chi connectivity index (χ1v) is 9.40. The van der Waals surface area contributed by atoms with Gasteiger partial charge in [-0.3, -0.25) is 4.72 Å². The number of hydrogen-bond acceptors (Lipinski definition) is 3. The van der Waals surface area contributed by atoms with Crippen molar-refractivity contribution >= 4 is 43.0 Å². The van der Waals surface area contributed by atoms with Crippen LogP contribution in [-0.2, 0) is 10.0 Å². The molecule has 0 bridgehead atoms. The number of thiophene rings is 1. The summed E-state index contributed by atoms with van der Waals surface area (Å²) < 4.78 is 28.5. The fourth-order valence-corrected chi connectivity index (χ4v) is 4.97. The van der Waals surface area contributed by atoms with Gasteiger partial charge < -0.3 is 0 Å². The van der Waals surface area contributed by atoms with Gasteiger partial charge in [0.1, 0.15) is 4.21 Å². The second-order valence-electron chi connectivity index (χ2n) is 4.56. The van der Waals surface area contributed by atoms with Crippen LogP contribution >= 0.6 is 27.3 Å². The van der Waals surface area contributed by atoms with Crippen LogP contribution in [0.3, 0.4) is 0 Å². The summed E-state index contributed by atoms with van der Waals surface area (Å²) in [6.07, 6.45) is 0.962. The zero-order valence-corrected chi connectivity index (χ0v) is 14.5. The van der Waals surface area contributed by atoms with E-state index in [1.54, 1.807) is 12.1 Å². The third kappa shape index (κ3) is 3.42. The summed E-state index contributed by atoms with van der Waals surface area (Å²) in [6, 6.07) is 10.9. The molecule has 0 aliphatic carbocycles. The van der Waals surface area contributed by atoms with E-state index in [0.717, 1.165) is 15.8 Å². The zero-order chi connectivity index (χ0) is 14.8. The van der Waals surface area contributed by atoms with Gasteiger partial charge in [-0.2, -0.15) is 0 Å². The Bertz CT molecular complexity index is 695. The van der Waals surface area contributed by atoms with Crippen molar-refractivity contribution in [2.75, 3.05) is 4.72 Å². The molecular weight excluding hydrogens is 358 g/mol. The number of benzene rings is 1. The van der Waals surface area contributed by atoms with Gasteiger partial charge in [-0.15, -0.1) is 11.3 Å². The van der Waals surface area contributed by atoms with E-state index in [9.17, 15) is 8.42 Å². The van der Waals surface area contributed by atoms with Crippen LogP contribution in [0.4, 0.5) is 5.69 Å². The van der Waals surface area contributed by atoms with Crippen LogP contribution in [0, 0.1) is 0 Å². The molecule has 0 saturated heterocycles. The lowest BCUT2D eigenvalue weighted by molar-refractivity contribution is 0.603. The Balaban J connectivity index is 2.35. The largest absolute Gasteiger partial charge is 0.279 e. The Morgan fingerprint density at radius 3 is 2.55 bits per heavy atom. The average Bonchev–Trinajstić information content (AvgIpc) is 2.86. The molecule has 2 rings (SSSR count). The summed E-state index contributed by atoms with van der Waals surface area (Å²) in [6.45, 7) is 4.18. The van der Waals surface area contributed by atoms with Crippen LogP contribution in [0.5, 0.6) is 0 Å². The topological polar surface area (TPSA) is 46.2 Å². The van der Waals surface area contributed by atoms with Gasteiger partial charge in [-0.05, 0) is 52.0 Å². The number of para-hydroxylation sites is 1. The molecule has 20 heavy (non-hydrogen) atoms. The number of sulfonamides is 1. The number of halogens is 1. The van der Waals surface area contributed by atoms with E-state index in [2.05, 4.69) is 34.5 Å². The minimum absolute atomic E-state index is 0.309. The maximum absolute atomic E-state index is 12.4. The standard InChI is InChI=1S/C14H16BrNO2S2/c1-3-10(2)11-6-4-5-7-12(11)16-20(17,18)14-9-8-13(15)19-14/h4-10,16H,3H2,1-2H3/t10-/m1/s1. The highest BCUT2D eigenvalue weighted by Gasteiger charge is 2.19. The SMILES string of the molecule is CC[C@@H](C)c1ccccc1NS(=O)(=O)c1ccc(Br)s1. The zero-order valence-electron chi connectivity index (χ0n) is 11.3. The summed E-state index contributed by atoms with van der Waals surface area (Å²) >= 11 is 4.49. The molecule has 0 amide bonds. The predicted molar refractivity (Wildman–Crippen MR) is 88.0 cm³/mol. The highest BCUT2D eigenvalue weighted by molar-refractivity contribution is 9.11. The van der Waals surface area contributed by atoms with Gasteiger partial charge in [0.25, 0.3) is 10.0 Å². The monoisotopic (exact) mass is 373 g/mol. The average molecular weight is 374 g/mol. The normalized spacial score (nSPS) is 13.2. The summed E-state index contributed by atoms with van der Waals surface area (Å²) in [5.74, 6) is 0.309. The van der Waals surface area contributed by atoms with Gasteiger partial charge in [-0.1, -0.05) is 32.0 Å².